The molecule has 0 saturated heterocycles. The van der Waals surface area contributed by atoms with Crippen molar-refractivity contribution in [1.29, 1.82) is 0 Å². The van der Waals surface area contributed by atoms with Crippen LogP contribution in [0.1, 0.15) is 23.6 Å². The number of aryl methyl sites for hydroxylation is 1. The number of halogens is 3. The molecule has 0 aliphatic rings. The Kier molecular flexibility index (Phi) is 4.49. The molecule has 20 heavy (non-hydrogen) atoms. The Morgan fingerprint density at radius 1 is 1.10 bits per heavy atom. The highest BCUT2D eigenvalue weighted by Gasteiger charge is 2.32. The lowest BCUT2D eigenvalue weighted by molar-refractivity contribution is -0.138. The summed E-state index contributed by atoms with van der Waals surface area (Å²) in [6, 6.07) is 7.62. The Morgan fingerprint density at radius 3 is 2.50 bits per heavy atom. The minimum atomic E-state index is -4.30. The molecule has 0 unspecified atom stereocenters. The van der Waals surface area contributed by atoms with E-state index in [1.165, 1.54) is 12.1 Å². The minimum absolute atomic E-state index is 0.201. The van der Waals surface area contributed by atoms with Gasteiger partial charge in [0.2, 0.25) is 0 Å². The number of benzene rings is 1. The molecule has 0 aliphatic carbocycles. The lowest BCUT2D eigenvalue weighted by atomic mass is 10.1. The maximum atomic E-state index is 12.8. The van der Waals surface area contributed by atoms with Crippen LogP contribution in [-0.4, -0.2) is 4.57 Å². The van der Waals surface area contributed by atoms with Crippen molar-refractivity contribution in [2.45, 2.75) is 32.7 Å². The van der Waals surface area contributed by atoms with E-state index in [1.807, 2.05) is 30.0 Å². The standard InChI is InChI=1S/C15H17F3N2/c1-2-20-8-7-12(11-20)9-19-10-13-5-3-4-6-14(13)15(16,17)18/h3-8,11,19H,2,9-10H2,1H3. The molecular formula is C15H17F3N2. The molecule has 1 heterocycles. The predicted molar refractivity (Wildman–Crippen MR) is 72.1 cm³/mol. The average Bonchev–Trinajstić information content (AvgIpc) is 2.86. The third-order valence-electron chi connectivity index (χ3n) is 3.14. The molecule has 0 spiro atoms. The zero-order valence-electron chi connectivity index (χ0n) is 11.2. The van der Waals surface area contributed by atoms with E-state index in [9.17, 15) is 13.2 Å². The topological polar surface area (TPSA) is 17.0 Å². The predicted octanol–water partition coefficient (Wildman–Crippen LogP) is 3.82. The number of aromatic nitrogens is 1. The first kappa shape index (κ1) is 14.7. The number of hydrogen-bond donors (Lipinski definition) is 1. The highest BCUT2D eigenvalue weighted by molar-refractivity contribution is 5.29. The third kappa shape index (κ3) is 3.63. The molecule has 108 valence electrons. The van der Waals surface area contributed by atoms with E-state index in [0.29, 0.717) is 6.54 Å². The summed E-state index contributed by atoms with van der Waals surface area (Å²) in [7, 11) is 0. The van der Waals surface area contributed by atoms with Gasteiger partial charge in [-0.05, 0) is 30.2 Å². The van der Waals surface area contributed by atoms with Gasteiger partial charge in [-0.15, -0.1) is 0 Å². The summed E-state index contributed by atoms with van der Waals surface area (Å²) in [6.07, 6.45) is -0.354. The first-order chi connectivity index (χ1) is 9.50. The fourth-order valence-corrected chi connectivity index (χ4v) is 2.08. The summed E-state index contributed by atoms with van der Waals surface area (Å²) in [6.45, 7) is 3.68. The van der Waals surface area contributed by atoms with Gasteiger partial charge in [-0.25, -0.2) is 0 Å². The molecule has 0 aliphatic heterocycles. The zero-order valence-corrected chi connectivity index (χ0v) is 11.2. The van der Waals surface area contributed by atoms with Crippen LogP contribution >= 0.6 is 0 Å². The van der Waals surface area contributed by atoms with Gasteiger partial charge in [0.15, 0.2) is 0 Å². The molecule has 2 aromatic rings. The van der Waals surface area contributed by atoms with E-state index >= 15 is 0 Å². The second-order valence-corrected chi connectivity index (χ2v) is 4.61. The number of nitrogens with one attached hydrogen (secondary N) is 1. The van der Waals surface area contributed by atoms with Crippen molar-refractivity contribution >= 4 is 0 Å². The van der Waals surface area contributed by atoms with E-state index in [1.54, 1.807) is 6.07 Å². The van der Waals surface area contributed by atoms with Gasteiger partial charge in [0.1, 0.15) is 0 Å². The van der Waals surface area contributed by atoms with Gasteiger partial charge >= 0.3 is 6.18 Å². The van der Waals surface area contributed by atoms with Gasteiger partial charge in [-0.3, -0.25) is 0 Å². The summed E-state index contributed by atoms with van der Waals surface area (Å²) in [5.74, 6) is 0. The van der Waals surface area contributed by atoms with E-state index in [-0.39, 0.29) is 12.1 Å². The van der Waals surface area contributed by atoms with Crippen LogP contribution in [0.5, 0.6) is 0 Å². The van der Waals surface area contributed by atoms with Crippen LogP contribution in [0.2, 0.25) is 0 Å². The lowest BCUT2D eigenvalue weighted by Crippen LogP contribution is -2.17. The number of hydrogen-bond acceptors (Lipinski definition) is 1. The normalized spacial score (nSPS) is 11.8. The van der Waals surface area contributed by atoms with Crippen molar-refractivity contribution in [2.75, 3.05) is 0 Å². The first-order valence-electron chi connectivity index (χ1n) is 6.51. The fourth-order valence-electron chi connectivity index (χ4n) is 2.08. The number of nitrogens with zero attached hydrogens (tertiary/aromatic N) is 1. The van der Waals surface area contributed by atoms with Crippen LogP contribution in [0.15, 0.2) is 42.7 Å². The summed E-state index contributed by atoms with van der Waals surface area (Å²) in [4.78, 5) is 0. The van der Waals surface area contributed by atoms with Crippen molar-refractivity contribution in [2.24, 2.45) is 0 Å². The van der Waals surface area contributed by atoms with E-state index in [0.717, 1.165) is 18.2 Å². The largest absolute Gasteiger partial charge is 0.416 e. The van der Waals surface area contributed by atoms with Crippen LogP contribution in [-0.2, 0) is 25.8 Å². The first-order valence-corrected chi connectivity index (χ1v) is 6.51. The van der Waals surface area contributed by atoms with Gasteiger partial charge in [0, 0.05) is 32.0 Å². The molecule has 1 aromatic heterocycles. The molecule has 2 nitrogen and oxygen atoms in total. The molecule has 1 N–H and O–H groups in total. The van der Waals surface area contributed by atoms with Crippen LogP contribution in [0.4, 0.5) is 13.2 Å². The zero-order chi connectivity index (χ0) is 14.6. The highest BCUT2D eigenvalue weighted by Crippen LogP contribution is 2.31. The molecule has 0 atom stereocenters. The van der Waals surface area contributed by atoms with E-state index in [2.05, 4.69) is 5.32 Å². The van der Waals surface area contributed by atoms with Crippen LogP contribution in [0.25, 0.3) is 0 Å². The molecule has 0 bridgehead atoms. The quantitative estimate of drug-likeness (QED) is 0.882. The van der Waals surface area contributed by atoms with Gasteiger partial charge in [-0.1, -0.05) is 18.2 Å². The number of alkyl halides is 3. The van der Waals surface area contributed by atoms with Crippen molar-refractivity contribution in [3.05, 3.63) is 59.4 Å². The summed E-state index contributed by atoms with van der Waals surface area (Å²) in [5.41, 5.74) is 0.768. The Morgan fingerprint density at radius 2 is 1.85 bits per heavy atom. The Balaban J connectivity index is 1.97. The van der Waals surface area contributed by atoms with Gasteiger partial charge < -0.3 is 9.88 Å². The average molecular weight is 282 g/mol. The van der Waals surface area contributed by atoms with Crippen LogP contribution in [0, 0.1) is 0 Å². The highest BCUT2D eigenvalue weighted by atomic mass is 19.4. The van der Waals surface area contributed by atoms with Gasteiger partial charge in [0.25, 0.3) is 0 Å². The summed E-state index contributed by atoms with van der Waals surface area (Å²) in [5, 5.41) is 3.05. The lowest BCUT2D eigenvalue weighted by Gasteiger charge is -2.13. The maximum absolute atomic E-state index is 12.8. The fraction of sp³-hybridized carbons (Fsp3) is 0.333. The molecule has 0 radical (unpaired) electrons. The van der Waals surface area contributed by atoms with Crippen LogP contribution in [0.3, 0.4) is 0 Å². The van der Waals surface area contributed by atoms with Crippen molar-refractivity contribution < 1.29 is 13.2 Å². The molecule has 0 saturated carbocycles. The van der Waals surface area contributed by atoms with Crippen molar-refractivity contribution in [1.82, 2.24) is 9.88 Å². The SMILES string of the molecule is CCn1ccc(CNCc2ccccc2C(F)(F)F)c1. The monoisotopic (exact) mass is 282 g/mol. The van der Waals surface area contributed by atoms with E-state index < -0.39 is 11.7 Å². The minimum Gasteiger partial charge on any atom is -0.354 e. The van der Waals surface area contributed by atoms with Crippen molar-refractivity contribution in [3.8, 4) is 0 Å². The molecule has 1 aromatic carbocycles. The second kappa shape index (κ2) is 6.13. The molecule has 2 rings (SSSR count). The van der Waals surface area contributed by atoms with Gasteiger partial charge in [0.05, 0.1) is 5.56 Å². The summed E-state index contributed by atoms with van der Waals surface area (Å²) < 4.78 is 40.5. The van der Waals surface area contributed by atoms with E-state index in [4.69, 9.17) is 0 Å². The second-order valence-electron chi connectivity index (χ2n) is 4.61. The van der Waals surface area contributed by atoms with Gasteiger partial charge in [-0.2, -0.15) is 13.2 Å². The van der Waals surface area contributed by atoms with Crippen LogP contribution < -0.4 is 5.32 Å². The smallest absolute Gasteiger partial charge is 0.354 e. The third-order valence-corrected chi connectivity index (χ3v) is 3.14. The molecular weight excluding hydrogens is 265 g/mol. The Labute approximate surface area is 116 Å². The van der Waals surface area contributed by atoms with Crippen molar-refractivity contribution in [3.63, 3.8) is 0 Å². The Bertz CT molecular complexity index is 558. The summed E-state index contributed by atoms with van der Waals surface area (Å²) >= 11 is 0. The Hall–Kier alpha value is -1.75. The number of rotatable bonds is 5. The molecule has 5 heteroatoms. The maximum Gasteiger partial charge on any atom is 0.416 e. The molecule has 0 amide bonds. The molecule has 0 fully saturated rings.